The number of hydrogen-bond acceptors (Lipinski definition) is 7. The molecule has 1 aromatic heterocycles. The minimum Gasteiger partial charge on any atom is -0.457 e. The van der Waals surface area contributed by atoms with Gasteiger partial charge in [0.15, 0.2) is 0 Å². The molecule has 2 saturated heterocycles. The molecule has 0 radical (unpaired) electrons. The Bertz CT molecular complexity index is 1020. The van der Waals surface area contributed by atoms with Crippen molar-refractivity contribution >= 4 is 17.7 Å². The highest BCUT2D eigenvalue weighted by molar-refractivity contribution is 5.99. The maximum absolute atomic E-state index is 13.2. The lowest BCUT2D eigenvalue weighted by molar-refractivity contribution is -0.128. The molecule has 8 heteroatoms. The monoisotopic (exact) mass is 422 g/mol. The van der Waals surface area contributed by atoms with E-state index in [0.29, 0.717) is 24.5 Å². The summed E-state index contributed by atoms with van der Waals surface area (Å²) in [7, 11) is 0. The van der Waals surface area contributed by atoms with Gasteiger partial charge in [-0.05, 0) is 62.5 Å². The Kier molecular flexibility index (Phi) is 4.98. The first-order valence-electron chi connectivity index (χ1n) is 10.8. The first kappa shape index (κ1) is 20.1. The minimum absolute atomic E-state index is 0.158. The van der Waals surface area contributed by atoms with Gasteiger partial charge >= 0.3 is 5.97 Å². The van der Waals surface area contributed by atoms with E-state index in [9.17, 15) is 14.7 Å². The lowest BCUT2D eigenvalue weighted by Gasteiger charge is -2.38. The lowest BCUT2D eigenvalue weighted by Crippen LogP contribution is -2.45. The van der Waals surface area contributed by atoms with Gasteiger partial charge in [-0.2, -0.15) is 0 Å². The number of anilines is 1. The molecule has 1 unspecified atom stereocenters. The average Bonchev–Trinajstić information content (AvgIpc) is 3.32. The number of carbonyl (C=O) groups excluding carboxylic acids is 2. The molecule has 0 aliphatic carbocycles. The van der Waals surface area contributed by atoms with E-state index in [1.807, 2.05) is 13.0 Å². The molecule has 3 aliphatic heterocycles. The van der Waals surface area contributed by atoms with Gasteiger partial charge in [-0.1, -0.05) is 6.07 Å². The number of β-amino-alcohol motifs (C(OH)–C–C–N with tert-alkyl or cyclic N) is 1. The molecule has 2 aromatic rings. The second kappa shape index (κ2) is 7.69. The van der Waals surface area contributed by atoms with Gasteiger partial charge in [-0.3, -0.25) is 9.69 Å². The largest absolute Gasteiger partial charge is 0.457 e. The van der Waals surface area contributed by atoms with Gasteiger partial charge < -0.3 is 14.7 Å². The van der Waals surface area contributed by atoms with E-state index in [2.05, 4.69) is 14.9 Å². The summed E-state index contributed by atoms with van der Waals surface area (Å²) in [6.45, 7) is 4.95. The Labute approximate surface area is 180 Å². The highest BCUT2D eigenvalue weighted by Gasteiger charge is 2.48. The van der Waals surface area contributed by atoms with Crippen LogP contribution < -0.4 is 4.90 Å². The summed E-state index contributed by atoms with van der Waals surface area (Å²) in [4.78, 5) is 37.1. The van der Waals surface area contributed by atoms with E-state index in [0.717, 1.165) is 49.0 Å². The van der Waals surface area contributed by atoms with E-state index >= 15 is 0 Å². The molecule has 31 heavy (non-hydrogen) atoms. The molecule has 2 fully saturated rings. The summed E-state index contributed by atoms with van der Waals surface area (Å²) in [6, 6.07) is 5.36. The van der Waals surface area contributed by atoms with Crippen LogP contribution in [0.25, 0.3) is 0 Å². The third-order valence-electron chi connectivity index (χ3n) is 7.17. The van der Waals surface area contributed by atoms with Crippen LogP contribution in [0.4, 0.5) is 5.82 Å². The Hall–Kier alpha value is -2.84. The highest BCUT2D eigenvalue weighted by atomic mass is 16.5. The molecule has 1 aromatic carbocycles. The first-order valence-corrected chi connectivity index (χ1v) is 10.8. The molecule has 0 bridgehead atoms. The number of nitrogens with zero attached hydrogens (tertiary/aromatic N) is 4. The maximum atomic E-state index is 13.2. The van der Waals surface area contributed by atoms with Crippen LogP contribution in [0.2, 0.25) is 0 Å². The molecular formula is C23H26N4O4. The van der Waals surface area contributed by atoms with E-state index in [4.69, 9.17) is 4.74 Å². The Morgan fingerprint density at radius 1 is 1.16 bits per heavy atom. The van der Waals surface area contributed by atoms with Gasteiger partial charge in [0.05, 0.1) is 17.1 Å². The maximum Gasteiger partial charge on any atom is 0.338 e. The number of esters is 1. The third kappa shape index (κ3) is 3.40. The molecular weight excluding hydrogens is 396 g/mol. The van der Waals surface area contributed by atoms with Crippen LogP contribution in [0.3, 0.4) is 0 Å². The SMILES string of the molecule is Cc1c(C(O)CN2CCC3(CC2)CCN(c2ccncn2)C3=O)ccc2c1COC2=O. The van der Waals surface area contributed by atoms with Crippen molar-refractivity contribution in [3.8, 4) is 0 Å². The van der Waals surface area contributed by atoms with Crippen LogP contribution in [0.15, 0.2) is 30.7 Å². The number of benzene rings is 1. The molecule has 1 atom stereocenters. The van der Waals surface area contributed by atoms with E-state index in [1.54, 1.807) is 23.2 Å². The molecule has 4 heterocycles. The number of hydrogen-bond donors (Lipinski definition) is 1. The van der Waals surface area contributed by atoms with E-state index < -0.39 is 6.10 Å². The predicted molar refractivity (Wildman–Crippen MR) is 112 cm³/mol. The second-order valence-corrected chi connectivity index (χ2v) is 8.75. The lowest BCUT2D eigenvalue weighted by atomic mass is 9.77. The van der Waals surface area contributed by atoms with Crippen molar-refractivity contribution in [3.63, 3.8) is 0 Å². The summed E-state index contributed by atoms with van der Waals surface area (Å²) in [5.74, 6) is 0.535. The number of ether oxygens (including phenoxy) is 1. The van der Waals surface area contributed by atoms with Crippen molar-refractivity contribution in [1.29, 1.82) is 0 Å². The van der Waals surface area contributed by atoms with Gasteiger partial charge in [0.1, 0.15) is 18.8 Å². The van der Waals surface area contributed by atoms with Crippen molar-refractivity contribution in [2.24, 2.45) is 5.41 Å². The minimum atomic E-state index is -0.646. The summed E-state index contributed by atoms with van der Waals surface area (Å²) in [6.07, 6.45) is 4.89. The predicted octanol–water partition coefficient (Wildman–Crippen LogP) is 2.01. The molecule has 8 nitrogen and oxygen atoms in total. The van der Waals surface area contributed by atoms with Gasteiger partial charge in [0.25, 0.3) is 0 Å². The number of aromatic nitrogens is 2. The number of likely N-dealkylation sites (tertiary alicyclic amines) is 1. The van der Waals surface area contributed by atoms with Crippen molar-refractivity contribution in [2.45, 2.75) is 38.9 Å². The topological polar surface area (TPSA) is 95.9 Å². The fourth-order valence-electron chi connectivity index (χ4n) is 5.18. The summed E-state index contributed by atoms with van der Waals surface area (Å²) in [5.41, 5.74) is 2.91. The molecule has 3 aliphatic rings. The van der Waals surface area contributed by atoms with Crippen molar-refractivity contribution in [3.05, 3.63) is 53.0 Å². The molecule has 1 spiro atoms. The van der Waals surface area contributed by atoms with Crippen molar-refractivity contribution < 1.29 is 19.4 Å². The molecule has 0 saturated carbocycles. The average molecular weight is 422 g/mol. The number of aliphatic hydroxyl groups excluding tert-OH is 1. The zero-order valence-electron chi connectivity index (χ0n) is 17.6. The van der Waals surface area contributed by atoms with Crippen LogP contribution in [-0.2, 0) is 16.1 Å². The smallest absolute Gasteiger partial charge is 0.338 e. The Morgan fingerprint density at radius 2 is 1.94 bits per heavy atom. The van der Waals surface area contributed by atoms with Gasteiger partial charge in [-0.25, -0.2) is 14.8 Å². The Morgan fingerprint density at radius 3 is 2.68 bits per heavy atom. The molecule has 5 rings (SSSR count). The zero-order chi connectivity index (χ0) is 21.6. The summed E-state index contributed by atoms with van der Waals surface area (Å²) in [5, 5.41) is 10.9. The number of aliphatic hydroxyl groups is 1. The number of amides is 1. The first-order chi connectivity index (χ1) is 15.0. The van der Waals surface area contributed by atoms with E-state index in [1.165, 1.54) is 6.33 Å². The normalized spacial score (nSPS) is 21.4. The second-order valence-electron chi connectivity index (χ2n) is 8.75. The van der Waals surface area contributed by atoms with Gasteiger partial charge in [0, 0.05) is 24.8 Å². The zero-order valence-corrected chi connectivity index (χ0v) is 17.6. The number of carbonyl (C=O) groups is 2. The number of piperidine rings is 1. The number of fused-ring (bicyclic) bond motifs is 1. The van der Waals surface area contributed by atoms with Crippen molar-refractivity contribution in [1.82, 2.24) is 14.9 Å². The third-order valence-corrected chi connectivity index (χ3v) is 7.17. The number of cyclic esters (lactones) is 1. The summed E-state index contributed by atoms with van der Waals surface area (Å²) >= 11 is 0. The molecule has 1 N–H and O–H groups in total. The van der Waals surface area contributed by atoms with Crippen LogP contribution in [0.5, 0.6) is 0 Å². The van der Waals surface area contributed by atoms with E-state index in [-0.39, 0.29) is 23.9 Å². The highest BCUT2D eigenvalue weighted by Crippen LogP contribution is 2.43. The van der Waals surface area contributed by atoms with Gasteiger partial charge in [-0.15, -0.1) is 0 Å². The van der Waals surface area contributed by atoms with Crippen LogP contribution in [-0.4, -0.2) is 58.0 Å². The van der Waals surface area contributed by atoms with Crippen LogP contribution in [0.1, 0.15) is 52.4 Å². The summed E-state index contributed by atoms with van der Waals surface area (Å²) < 4.78 is 5.12. The Balaban J connectivity index is 1.23. The fraction of sp³-hybridized carbons (Fsp3) is 0.478. The number of rotatable bonds is 4. The standard InChI is InChI=1S/C23H26N4O4/c1-15-16(2-3-17-18(15)13-31-21(17)29)19(28)12-26-9-5-23(6-10-26)7-11-27(22(23)30)20-4-8-24-14-25-20/h2-4,8,14,19,28H,5-7,9-13H2,1H3. The molecule has 1 amide bonds. The quantitative estimate of drug-likeness (QED) is 0.753. The van der Waals surface area contributed by atoms with Gasteiger partial charge in [0.2, 0.25) is 5.91 Å². The van der Waals surface area contributed by atoms with Crippen molar-refractivity contribution in [2.75, 3.05) is 31.1 Å². The van der Waals surface area contributed by atoms with Crippen LogP contribution >= 0.6 is 0 Å². The fourth-order valence-corrected chi connectivity index (χ4v) is 5.18. The van der Waals surface area contributed by atoms with Crippen LogP contribution in [0, 0.1) is 12.3 Å². The molecule has 162 valence electrons.